The first-order valence-corrected chi connectivity index (χ1v) is 10.6. The van der Waals surface area contributed by atoms with Crippen molar-refractivity contribution < 1.29 is 0 Å². The van der Waals surface area contributed by atoms with Gasteiger partial charge in [0, 0.05) is 0 Å². The Hall–Kier alpha value is -0.0500. The van der Waals surface area contributed by atoms with E-state index in [9.17, 15) is 0 Å². The normalized spacial score (nSPS) is 17.0. The van der Waals surface area contributed by atoms with Gasteiger partial charge in [-0.3, -0.25) is 0 Å². The third-order valence-corrected chi connectivity index (χ3v) is 6.53. The van der Waals surface area contributed by atoms with Crippen LogP contribution in [0.4, 0.5) is 0 Å². The summed E-state index contributed by atoms with van der Waals surface area (Å²) in [4.78, 5) is 4.89. The molecule has 1 fully saturated rings. The van der Waals surface area contributed by atoms with Gasteiger partial charge in [0.05, 0.1) is 0 Å². The number of aryl methyl sites for hydroxylation is 1. The van der Waals surface area contributed by atoms with Gasteiger partial charge < -0.3 is 0 Å². The van der Waals surface area contributed by atoms with Crippen LogP contribution in [0.3, 0.4) is 0 Å². The molecule has 0 aliphatic heterocycles. The van der Waals surface area contributed by atoms with Gasteiger partial charge in [-0.2, -0.15) is 0 Å². The molecule has 2 rings (SSSR count). The van der Waals surface area contributed by atoms with Crippen molar-refractivity contribution in [3.8, 4) is 0 Å². The van der Waals surface area contributed by atoms with E-state index in [2.05, 4.69) is 35.8 Å². The van der Waals surface area contributed by atoms with Gasteiger partial charge in [-0.1, -0.05) is 0 Å². The fourth-order valence-corrected chi connectivity index (χ4v) is 4.91. The molecule has 0 amide bonds. The van der Waals surface area contributed by atoms with Crippen molar-refractivity contribution in [1.29, 1.82) is 0 Å². The minimum absolute atomic E-state index is 0.804. The molecular formula is C13H19I. The van der Waals surface area contributed by atoms with Crippen LogP contribution in [0, 0.1) is 17.4 Å². The Bertz CT molecular complexity index is 348. The number of rotatable bonds is 2. The quantitative estimate of drug-likeness (QED) is 0.569. The molecule has 0 N–H and O–H groups in total. The van der Waals surface area contributed by atoms with Crippen LogP contribution in [-0.2, 0) is 0 Å². The monoisotopic (exact) mass is 302 g/mol. The molecule has 0 nitrogen and oxygen atoms in total. The summed E-state index contributed by atoms with van der Waals surface area (Å²) >= 11 is -0.804. The van der Waals surface area contributed by atoms with E-state index >= 15 is 0 Å². The van der Waals surface area contributed by atoms with Crippen molar-refractivity contribution in [3.63, 3.8) is 0 Å². The second-order valence-electron chi connectivity index (χ2n) is 4.47. The van der Waals surface area contributed by atoms with E-state index in [0.717, 1.165) is 5.92 Å². The molecule has 1 aliphatic rings. The number of benzene rings is 1. The molecule has 0 unspecified atom stereocenters. The molecule has 0 bridgehead atoms. The van der Waals surface area contributed by atoms with Crippen LogP contribution < -0.4 is 0 Å². The molecule has 1 heteroatoms. The van der Waals surface area contributed by atoms with Gasteiger partial charge in [-0.15, -0.1) is 0 Å². The van der Waals surface area contributed by atoms with Crippen molar-refractivity contribution in [2.75, 3.05) is 9.86 Å². The number of alkyl halides is 2. The Morgan fingerprint density at radius 2 is 1.79 bits per heavy atom. The maximum absolute atomic E-state index is 2.50. The fourth-order valence-electron chi connectivity index (χ4n) is 1.89. The van der Waals surface area contributed by atoms with E-state index in [1.807, 2.05) is 0 Å². The summed E-state index contributed by atoms with van der Waals surface area (Å²) in [5, 5.41) is 0. The van der Waals surface area contributed by atoms with Gasteiger partial charge >= 0.3 is 94.7 Å². The average molecular weight is 302 g/mol. The SMILES string of the molecule is Cc1cc(C2CC2)cc(I(C)C)c1C. The van der Waals surface area contributed by atoms with Crippen molar-refractivity contribution in [3.05, 3.63) is 32.4 Å². The van der Waals surface area contributed by atoms with Crippen LogP contribution in [-0.4, -0.2) is 9.86 Å². The van der Waals surface area contributed by atoms with Crippen molar-refractivity contribution in [2.24, 2.45) is 0 Å². The van der Waals surface area contributed by atoms with Gasteiger partial charge in [0.2, 0.25) is 0 Å². The fraction of sp³-hybridized carbons (Fsp3) is 0.538. The topological polar surface area (TPSA) is 0 Å². The van der Waals surface area contributed by atoms with Gasteiger partial charge in [-0.05, 0) is 0 Å². The van der Waals surface area contributed by atoms with Crippen molar-refractivity contribution in [2.45, 2.75) is 32.6 Å². The van der Waals surface area contributed by atoms with Crippen LogP contribution in [0.2, 0.25) is 0 Å². The third kappa shape index (κ3) is 1.97. The Labute approximate surface area is 94.5 Å². The van der Waals surface area contributed by atoms with Crippen LogP contribution in [0.1, 0.15) is 35.4 Å². The summed E-state index contributed by atoms with van der Waals surface area (Å²) in [5.41, 5.74) is 4.69. The molecule has 0 spiro atoms. The molecule has 1 aromatic carbocycles. The van der Waals surface area contributed by atoms with Gasteiger partial charge in [0.25, 0.3) is 0 Å². The zero-order chi connectivity index (χ0) is 10.3. The predicted octanol–water partition coefficient (Wildman–Crippen LogP) is 4.12. The number of hydrogen-bond acceptors (Lipinski definition) is 0. The van der Waals surface area contributed by atoms with Gasteiger partial charge in [0.15, 0.2) is 0 Å². The van der Waals surface area contributed by atoms with E-state index in [1.165, 1.54) is 18.4 Å². The molecule has 78 valence electrons. The maximum atomic E-state index is 2.50. The van der Waals surface area contributed by atoms with E-state index in [4.69, 9.17) is 0 Å². The van der Waals surface area contributed by atoms with Crippen molar-refractivity contribution in [1.82, 2.24) is 0 Å². The summed E-state index contributed by atoms with van der Waals surface area (Å²) < 4.78 is 1.70. The van der Waals surface area contributed by atoms with E-state index < -0.39 is 19.8 Å². The van der Waals surface area contributed by atoms with Crippen LogP contribution in [0.5, 0.6) is 0 Å². The summed E-state index contributed by atoms with van der Waals surface area (Å²) in [6, 6.07) is 4.92. The molecule has 14 heavy (non-hydrogen) atoms. The molecule has 1 aliphatic carbocycles. The van der Waals surface area contributed by atoms with E-state index in [0.29, 0.717) is 0 Å². The standard InChI is InChI=1S/C13H19I/c1-9-7-12(11-5-6-11)8-13(10(9)2)14(3)4/h7-8,11H,5-6H2,1-4H3. The zero-order valence-corrected chi connectivity index (χ0v) is 11.7. The zero-order valence-electron chi connectivity index (χ0n) is 9.52. The molecule has 0 radical (unpaired) electrons. The Morgan fingerprint density at radius 3 is 2.29 bits per heavy atom. The Balaban J connectivity index is 2.46. The predicted molar refractivity (Wildman–Crippen MR) is 72.5 cm³/mol. The first kappa shape index (κ1) is 10.5. The second kappa shape index (κ2) is 3.84. The molecule has 0 heterocycles. The molecule has 1 aromatic rings. The summed E-state index contributed by atoms with van der Waals surface area (Å²) in [6.07, 6.45) is 2.84. The molecule has 0 atom stereocenters. The Morgan fingerprint density at radius 1 is 1.14 bits per heavy atom. The van der Waals surface area contributed by atoms with Crippen molar-refractivity contribution >= 4 is 19.8 Å². The second-order valence-corrected chi connectivity index (χ2v) is 9.95. The molecular weight excluding hydrogens is 283 g/mol. The first-order chi connectivity index (χ1) is 6.59. The van der Waals surface area contributed by atoms with E-state index in [1.54, 1.807) is 14.7 Å². The summed E-state index contributed by atoms with van der Waals surface area (Å²) in [6.45, 7) is 4.56. The number of hydrogen-bond donors (Lipinski definition) is 0. The Kier molecular flexibility index (Phi) is 2.87. The molecule has 0 saturated heterocycles. The first-order valence-electron chi connectivity index (χ1n) is 5.20. The summed E-state index contributed by atoms with van der Waals surface area (Å²) in [5.74, 6) is 0.906. The third-order valence-electron chi connectivity index (χ3n) is 3.08. The van der Waals surface area contributed by atoms with E-state index in [-0.39, 0.29) is 0 Å². The number of halogens is 1. The molecule has 1 saturated carbocycles. The van der Waals surface area contributed by atoms with Gasteiger partial charge in [-0.25, -0.2) is 0 Å². The van der Waals surface area contributed by atoms with Crippen LogP contribution >= 0.6 is 19.8 Å². The average Bonchev–Trinajstić information content (AvgIpc) is 2.91. The minimum atomic E-state index is -0.804. The summed E-state index contributed by atoms with van der Waals surface area (Å²) in [7, 11) is 0. The van der Waals surface area contributed by atoms with Gasteiger partial charge in [0.1, 0.15) is 0 Å². The molecule has 0 aromatic heterocycles. The van der Waals surface area contributed by atoms with Crippen LogP contribution in [0.15, 0.2) is 12.1 Å². The van der Waals surface area contributed by atoms with Crippen LogP contribution in [0.25, 0.3) is 0 Å².